The second-order valence-electron chi connectivity index (χ2n) is 2.88. The number of phenols is 1. The molecule has 0 aliphatic carbocycles. The lowest BCUT2D eigenvalue weighted by atomic mass is 10.1. The van der Waals surface area contributed by atoms with Crippen LogP contribution in [0.1, 0.15) is 12.0 Å². The molecule has 0 saturated carbocycles. The normalized spacial score (nSPS) is 15.3. The molecule has 1 aromatic carbocycles. The van der Waals surface area contributed by atoms with Crippen LogP contribution in [0.5, 0.6) is 5.75 Å². The maximum atomic E-state index is 9.53. The summed E-state index contributed by atoms with van der Waals surface area (Å²) in [6.45, 7) is 0.821. The number of nitrogens with zero attached hydrogens (tertiary/aromatic N) is 1. The van der Waals surface area contributed by atoms with Crippen molar-refractivity contribution in [3.8, 4) is 5.75 Å². The molecular weight excluding hydrogens is 188 g/mol. The lowest BCUT2D eigenvalue weighted by Crippen LogP contribution is -1.98. The van der Waals surface area contributed by atoms with Gasteiger partial charge in [-0.25, -0.2) is 0 Å². The number of phenolic OH excluding ortho intramolecular Hbond substituents is 1. The Morgan fingerprint density at radius 2 is 2.31 bits per heavy atom. The van der Waals surface area contributed by atoms with Crippen LogP contribution in [-0.2, 0) is 0 Å². The van der Waals surface area contributed by atoms with Gasteiger partial charge in [-0.05, 0) is 18.2 Å². The number of hydrogen-bond donors (Lipinski definition) is 2. The van der Waals surface area contributed by atoms with Crippen molar-refractivity contribution in [1.82, 2.24) is 5.43 Å². The highest BCUT2D eigenvalue weighted by Crippen LogP contribution is 2.23. The molecule has 2 rings (SSSR count). The van der Waals surface area contributed by atoms with Gasteiger partial charge in [0.1, 0.15) is 5.75 Å². The summed E-state index contributed by atoms with van der Waals surface area (Å²) >= 11 is 5.81. The first-order valence-electron chi connectivity index (χ1n) is 4.05. The second kappa shape index (κ2) is 3.26. The summed E-state index contributed by atoms with van der Waals surface area (Å²) < 4.78 is 0. The van der Waals surface area contributed by atoms with Crippen molar-refractivity contribution in [3.05, 3.63) is 28.8 Å². The lowest BCUT2D eigenvalue weighted by molar-refractivity contribution is 0.474. The summed E-state index contributed by atoms with van der Waals surface area (Å²) in [6.07, 6.45) is 0.827. The number of halogens is 1. The van der Waals surface area contributed by atoms with Gasteiger partial charge in [-0.1, -0.05) is 11.6 Å². The van der Waals surface area contributed by atoms with Gasteiger partial charge in [0.15, 0.2) is 0 Å². The van der Waals surface area contributed by atoms with Crippen LogP contribution in [0.25, 0.3) is 0 Å². The van der Waals surface area contributed by atoms with E-state index in [-0.39, 0.29) is 5.75 Å². The topological polar surface area (TPSA) is 44.6 Å². The first kappa shape index (κ1) is 8.38. The monoisotopic (exact) mass is 196 g/mol. The quantitative estimate of drug-likeness (QED) is 0.719. The predicted molar refractivity (Wildman–Crippen MR) is 52.3 cm³/mol. The Bertz CT molecular complexity index is 363. The molecule has 0 spiro atoms. The van der Waals surface area contributed by atoms with E-state index >= 15 is 0 Å². The molecule has 0 atom stereocenters. The van der Waals surface area contributed by atoms with E-state index in [4.69, 9.17) is 11.6 Å². The molecule has 0 amide bonds. The highest BCUT2D eigenvalue weighted by molar-refractivity contribution is 6.31. The highest BCUT2D eigenvalue weighted by atomic mass is 35.5. The van der Waals surface area contributed by atoms with Crippen molar-refractivity contribution in [1.29, 1.82) is 0 Å². The Balaban J connectivity index is 2.43. The molecule has 3 nitrogen and oxygen atoms in total. The molecular formula is C9H9ClN2O. The molecule has 0 radical (unpaired) electrons. The SMILES string of the molecule is Oc1ccc(Cl)cc1C1=NNCC1. The van der Waals surface area contributed by atoms with E-state index in [1.54, 1.807) is 18.2 Å². The van der Waals surface area contributed by atoms with Gasteiger partial charge in [0.05, 0.1) is 5.71 Å². The molecule has 2 N–H and O–H groups in total. The molecule has 1 heterocycles. The Morgan fingerprint density at radius 1 is 1.46 bits per heavy atom. The third kappa shape index (κ3) is 1.60. The maximum absolute atomic E-state index is 9.53. The summed E-state index contributed by atoms with van der Waals surface area (Å²) in [5.41, 5.74) is 4.43. The van der Waals surface area contributed by atoms with E-state index in [2.05, 4.69) is 10.5 Å². The Labute approximate surface area is 81.0 Å². The van der Waals surface area contributed by atoms with Gasteiger partial charge in [0.2, 0.25) is 0 Å². The van der Waals surface area contributed by atoms with E-state index in [0.29, 0.717) is 5.02 Å². The highest BCUT2D eigenvalue weighted by Gasteiger charge is 2.12. The zero-order chi connectivity index (χ0) is 9.26. The Hall–Kier alpha value is -1.22. The third-order valence-corrected chi connectivity index (χ3v) is 2.19. The van der Waals surface area contributed by atoms with Gasteiger partial charge in [-0.2, -0.15) is 5.10 Å². The number of nitrogens with one attached hydrogen (secondary N) is 1. The fourth-order valence-corrected chi connectivity index (χ4v) is 1.49. The fourth-order valence-electron chi connectivity index (χ4n) is 1.32. The van der Waals surface area contributed by atoms with Crippen LogP contribution in [0, 0.1) is 0 Å². The molecule has 0 saturated heterocycles. The molecule has 0 unspecified atom stereocenters. The average molecular weight is 197 g/mol. The molecule has 1 aliphatic rings. The molecule has 1 aliphatic heterocycles. The smallest absolute Gasteiger partial charge is 0.124 e. The number of hydrazone groups is 1. The van der Waals surface area contributed by atoms with Crippen LogP contribution in [0.3, 0.4) is 0 Å². The molecule has 13 heavy (non-hydrogen) atoms. The van der Waals surface area contributed by atoms with E-state index in [0.717, 1.165) is 24.2 Å². The van der Waals surface area contributed by atoms with Crippen LogP contribution >= 0.6 is 11.6 Å². The van der Waals surface area contributed by atoms with Gasteiger partial charge in [-0.3, -0.25) is 0 Å². The van der Waals surface area contributed by atoms with Crippen LogP contribution in [-0.4, -0.2) is 17.4 Å². The number of hydrogen-bond acceptors (Lipinski definition) is 3. The second-order valence-corrected chi connectivity index (χ2v) is 3.31. The van der Waals surface area contributed by atoms with Gasteiger partial charge >= 0.3 is 0 Å². The summed E-state index contributed by atoms with van der Waals surface area (Å²) in [5.74, 6) is 0.229. The van der Waals surface area contributed by atoms with E-state index in [1.807, 2.05) is 0 Å². The molecule has 1 aromatic rings. The van der Waals surface area contributed by atoms with Crippen LogP contribution in [0.4, 0.5) is 0 Å². The van der Waals surface area contributed by atoms with Crippen LogP contribution in [0.15, 0.2) is 23.3 Å². The van der Waals surface area contributed by atoms with Crippen molar-refractivity contribution >= 4 is 17.3 Å². The first-order valence-corrected chi connectivity index (χ1v) is 4.43. The first-order chi connectivity index (χ1) is 6.27. The van der Waals surface area contributed by atoms with Gasteiger partial charge < -0.3 is 10.5 Å². The van der Waals surface area contributed by atoms with Gasteiger partial charge in [0.25, 0.3) is 0 Å². The minimum atomic E-state index is 0.229. The summed E-state index contributed by atoms with van der Waals surface area (Å²) in [5, 5.41) is 14.2. The number of aromatic hydroxyl groups is 1. The third-order valence-electron chi connectivity index (χ3n) is 1.96. The van der Waals surface area contributed by atoms with Crippen LogP contribution < -0.4 is 5.43 Å². The zero-order valence-electron chi connectivity index (χ0n) is 6.92. The van der Waals surface area contributed by atoms with Crippen molar-refractivity contribution in [2.24, 2.45) is 5.10 Å². The van der Waals surface area contributed by atoms with E-state index < -0.39 is 0 Å². The molecule has 0 aromatic heterocycles. The average Bonchev–Trinajstić information content (AvgIpc) is 2.61. The Kier molecular flexibility index (Phi) is 2.10. The summed E-state index contributed by atoms with van der Waals surface area (Å²) in [6, 6.07) is 4.96. The largest absolute Gasteiger partial charge is 0.507 e. The van der Waals surface area contributed by atoms with Crippen molar-refractivity contribution in [2.75, 3.05) is 6.54 Å². The van der Waals surface area contributed by atoms with Crippen LogP contribution in [0.2, 0.25) is 5.02 Å². The number of rotatable bonds is 1. The van der Waals surface area contributed by atoms with E-state index in [1.165, 1.54) is 0 Å². The minimum absolute atomic E-state index is 0.229. The lowest BCUT2D eigenvalue weighted by Gasteiger charge is -2.02. The minimum Gasteiger partial charge on any atom is -0.507 e. The fraction of sp³-hybridized carbons (Fsp3) is 0.222. The summed E-state index contributed by atoms with van der Waals surface area (Å²) in [4.78, 5) is 0. The molecule has 0 fully saturated rings. The van der Waals surface area contributed by atoms with Gasteiger partial charge in [0, 0.05) is 23.6 Å². The standard InChI is InChI=1S/C9H9ClN2O/c10-6-1-2-9(13)7(5-6)8-3-4-11-12-8/h1-2,5,11,13H,3-4H2. The molecule has 4 heteroatoms. The number of benzene rings is 1. The van der Waals surface area contributed by atoms with Crippen molar-refractivity contribution in [2.45, 2.75) is 6.42 Å². The zero-order valence-corrected chi connectivity index (χ0v) is 7.67. The van der Waals surface area contributed by atoms with E-state index in [9.17, 15) is 5.11 Å². The Morgan fingerprint density at radius 3 is 3.00 bits per heavy atom. The predicted octanol–water partition coefficient (Wildman–Crippen LogP) is 1.74. The summed E-state index contributed by atoms with van der Waals surface area (Å²) in [7, 11) is 0. The van der Waals surface area contributed by atoms with Crippen molar-refractivity contribution in [3.63, 3.8) is 0 Å². The maximum Gasteiger partial charge on any atom is 0.124 e. The van der Waals surface area contributed by atoms with Gasteiger partial charge in [-0.15, -0.1) is 0 Å². The molecule has 68 valence electrons. The van der Waals surface area contributed by atoms with Crippen molar-refractivity contribution < 1.29 is 5.11 Å². The molecule has 0 bridgehead atoms.